The molecule has 1 aromatic heterocycles. The van der Waals surface area contributed by atoms with E-state index in [1.54, 1.807) is 0 Å². The van der Waals surface area contributed by atoms with E-state index in [2.05, 4.69) is 15.0 Å². The predicted molar refractivity (Wildman–Crippen MR) is 61.1 cm³/mol. The van der Waals surface area contributed by atoms with Crippen LogP contribution in [0.4, 0.5) is 5.82 Å². The highest BCUT2D eigenvalue weighted by atomic mass is 32.2. The van der Waals surface area contributed by atoms with Crippen molar-refractivity contribution in [3.63, 3.8) is 0 Å². The molecule has 18 heavy (non-hydrogen) atoms. The summed E-state index contributed by atoms with van der Waals surface area (Å²) >= 11 is 0. The van der Waals surface area contributed by atoms with Gasteiger partial charge in [-0.15, -0.1) is 5.10 Å². The second kappa shape index (κ2) is 4.53. The van der Waals surface area contributed by atoms with Gasteiger partial charge in [-0.1, -0.05) is 5.21 Å². The number of anilines is 1. The average molecular weight is 275 g/mol. The number of nitrogens with zero attached hydrogens (tertiary/aromatic N) is 4. The number of sulfonamides is 1. The summed E-state index contributed by atoms with van der Waals surface area (Å²) in [6, 6.07) is 0. The number of β-amino-alcohol motifs (C(OH)–C–C–N with tert-alkyl or cyclic N) is 1. The van der Waals surface area contributed by atoms with E-state index in [1.807, 2.05) is 0 Å². The van der Waals surface area contributed by atoms with Crippen LogP contribution in [-0.4, -0.2) is 64.8 Å². The minimum atomic E-state index is -3.40. The van der Waals surface area contributed by atoms with E-state index in [0.717, 1.165) is 6.26 Å². The van der Waals surface area contributed by atoms with Crippen LogP contribution >= 0.6 is 0 Å². The van der Waals surface area contributed by atoms with Gasteiger partial charge in [0.2, 0.25) is 15.9 Å². The van der Waals surface area contributed by atoms with Crippen molar-refractivity contribution in [1.82, 2.24) is 19.9 Å². The predicted octanol–water partition coefficient (Wildman–Crippen LogP) is -2.15. The van der Waals surface area contributed by atoms with Gasteiger partial charge in [0.05, 0.1) is 18.6 Å². The number of likely N-dealkylation sites (tertiary alicyclic amines) is 1. The number of amides is 1. The van der Waals surface area contributed by atoms with Crippen molar-refractivity contribution < 1.29 is 18.3 Å². The van der Waals surface area contributed by atoms with Crippen molar-refractivity contribution in [3.05, 3.63) is 6.20 Å². The number of aliphatic hydroxyl groups excluding tert-OH is 1. The van der Waals surface area contributed by atoms with Crippen LogP contribution in [0.3, 0.4) is 0 Å². The molecule has 100 valence electrons. The van der Waals surface area contributed by atoms with Crippen LogP contribution in [0.15, 0.2) is 6.20 Å². The van der Waals surface area contributed by atoms with E-state index in [0.29, 0.717) is 13.1 Å². The maximum absolute atomic E-state index is 11.6. The van der Waals surface area contributed by atoms with Gasteiger partial charge in [-0.05, 0) is 0 Å². The van der Waals surface area contributed by atoms with Crippen LogP contribution in [0.1, 0.15) is 0 Å². The van der Waals surface area contributed by atoms with E-state index >= 15 is 0 Å². The number of aliphatic hydroxyl groups is 1. The molecule has 0 aromatic carbocycles. The summed E-state index contributed by atoms with van der Waals surface area (Å²) in [6.07, 6.45) is 1.88. The second-order valence-corrected chi connectivity index (χ2v) is 5.88. The Bertz CT molecular complexity index is 548. The summed E-state index contributed by atoms with van der Waals surface area (Å²) in [4.78, 5) is 13.1. The van der Waals surface area contributed by atoms with Gasteiger partial charge in [-0.25, -0.2) is 13.1 Å². The van der Waals surface area contributed by atoms with Crippen molar-refractivity contribution in [3.8, 4) is 0 Å². The molecule has 0 saturated carbocycles. The monoisotopic (exact) mass is 275 g/mol. The van der Waals surface area contributed by atoms with Crippen LogP contribution in [0.5, 0.6) is 0 Å². The van der Waals surface area contributed by atoms with Crippen LogP contribution in [0, 0.1) is 0 Å². The van der Waals surface area contributed by atoms with Gasteiger partial charge < -0.3 is 10.0 Å². The Morgan fingerprint density at radius 3 is 2.83 bits per heavy atom. The standard InChI is InChI=1S/C8H13N5O4S/c1-18(16,17)10-7-4-13(11-9-7)5-8(15)12-2-6(14)3-12/h4,6,10,14H,2-3,5H2,1H3. The Labute approximate surface area is 103 Å². The lowest BCUT2D eigenvalue weighted by Gasteiger charge is -2.35. The normalized spacial score (nSPS) is 16.4. The molecule has 0 unspecified atom stereocenters. The maximum Gasteiger partial charge on any atom is 0.244 e. The molecule has 1 saturated heterocycles. The highest BCUT2D eigenvalue weighted by Gasteiger charge is 2.28. The minimum absolute atomic E-state index is 0.0365. The highest BCUT2D eigenvalue weighted by molar-refractivity contribution is 7.92. The lowest BCUT2D eigenvalue weighted by atomic mass is 10.2. The summed E-state index contributed by atoms with van der Waals surface area (Å²) in [5.74, 6) is -0.134. The quantitative estimate of drug-likeness (QED) is 0.647. The number of nitrogens with one attached hydrogen (secondary N) is 1. The van der Waals surface area contributed by atoms with Gasteiger partial charge in [0.25, 0.3) is 0 Å². The zero-order valence-corrected chi connectivity index (χ0v) is 10.5. The maximum atomic E-state index is 11.6. The summed E-state index contributed by atoms with van der Waals surface area (Å²) in [6.45, 7) is 0.606. The SMILES string of the molecule is CS(=O)(=O)Nc1cn(CC(=O)N2CC(O)C2)nn1. The summed E-state index contributed by atoms with van der Waals surface area (Å²) in [5, 5.41) is 16.3. The first-order valence-electron chi connectivity index (χ1n) is 5.17. The van der Waals surface area contributed by atoms with E-state index in [-0.39, 0.29) is 18.3 Å². The lowest BCUT2D eigenvalue weighted by Crippen LogP contribution is -2.54. The Morgan fingerprint density at radius 2 is 2.28 bits per heavy atom. The first kappa shape index (κ1) is 12.8. The topological polar surface area (TPSA) is 117 Å². The van der Waals surface area contributed by atoms with E-state index in [1.165, 1.54) is 15.8 Å². The largest absolute Gasteiger partial charge is 0.389 e. The fourth-order valence-corrected chi connectivity index (χ4v) is 1.98. The molecule has 0 aliphatic carbocycles. The van der Waals surface area contributed by atoms with Crippen molar-refractivity contribution in [2.24, 2.45) is 0 Å². The Balaban J connectivity index is 1.92. The molecule has 1 aliphatic heterocycles. The zero-order chi connectivity index (χ0) is 13.3. The number of hydrogen-bond acceptors (Lipinski definition) is 6. The molecule has 1 amide bonds. The highest BCUT2D eigenvalue weighted by Crippen LogP contribution is 2.09. The van der Waals surface area contributed by atoms with Crippen molar-refractivity contribution >= 4 is 21.7 Å². The van der Waals surface area contributed by atoms with Crippen LogP contribution in [0.2, 0.25) is 0 Å². The van der Waals surface area contributed by atoms with Crippen molar-refractivity contribution in [2.75, 3.05) is 24.1 Å². The first-order valence-corrected chi connectivity index (χ1v) is 7.06. The molecule has 0 radical (unpaired) electrons. The van der Waals surface area contributed by atoms with E-state index in [9.17, 15) is 13.2 Å². The summed E-state index contributed by atoms with van der Waals surface area (Å²) in [5.41, 5.74) is 0. The average Bonchev–Trinajstić information content (AvgIpc) is 2.57. The van der Waals surface area contributed by atoms with Crippen LogP contribution < -0.4 is 4.72 Å². The van der Waals surface area contributed by atoms with Gasteiger partial charge in [-0.2, -0.15) is 0 Å². The third-order valence-electron chi connectivity index (χ3n) is 2.34. The number of rotatable bonds is 4. The molecule has 0 spiro atoms. The zero-order valence-electron chi connectivity index (χ0n) is 9.65. The molecule has 2 N–H and O–H groups in total. The minimum Gasteiger partial charge on any atom is -0.389 e. The molecule has 1 aromatic rings. The molecule has 2 heterocycles. The molecule has 9 nitrogen and oxygen atoms in total. The summed E-state index contributed by atoms with van der Waals surface area (Å²) < 4.78 is 25.3. The van der Waals surface area contributed by atoms with E-state index in [4.69, 9.17) is 5.11 Å². The third kappa shape index (κ3) is 3.17. The van der Waals surface area contributed by atoms with Gasteiger partial charge in [0.1, 0.15) is 6.54 Å². The molecule has 0 atom stereocenters. The van der Waals surface area contributed by atoms with E-state index < -0.39 is 16.1 Å². The Morgan fingerprint density at radius 1 is 1.61 bits per heavy atom. The van der Waals surface area contributed by atoms with Gasteiger partial charge in [0.15, 0.2) is 5.82 Å². The smallest absolute Gasteiger partial charge is 0.244 e. The molecule has 0 bridgehead atoms. The molecule has 10 heteroatoms. The second-order valence-electron chi connectivity index (χ2n) is 4.13. The fourth-order valence-electron chi connectivity index (χ4n) is 1.51. The first-order chi connectivity index (χ1) is 8.33. The van der Waals surface area contributed by atoms with Crippen molar-refractivity contribution in [2.45, 2.75) is 12.6 Å². The Hall–Kier alpha value is -1.68. The molecule has 1 aliphatic rings. The van der Waals surface area contributed by atoms with Crippen LogP contribution in [0.25, 0.3) is 0 Å². The lowest BCUT2D eigenvalue weighted by molar-refractivity contribution is -0.142. The number of aromatic nitrogens is 3. The van der Waals surface area contributed by atoms with Crippen LogP contribution in [-0.2, 0) is 21.4 Å². The number of carbonyl (C=O) groups excluding carboxylic acids is 1. The Kier molecular flexibility index (Phi) is 3.22. The van der Waals surface area contributed by atoms with Crippen molar-refractivity contribution in [1.29, 1.82) is 0 Å². The van der Waals surface area contributed by atoms with Gasteiger partial charge >= 0.3 is 0 Å². The summed E-state index contributed by atoms with van der Waals surface area (Å²) in [7, 11) is -3.40. The number of hydrogen-bond donors (Lipinski definition) is 2. The number of carbonyl (C=O) groups is 1. The fraction of sp³-hybridized carbons (Fsp3) is 0.625. The molecule has 2 rings (SSSR count). The third-order valence-corrected chi connectivity index (χ3v) is 2.92. The van der Waals surface area contributed by atoms with Gasteiger partial charge in [-0.3, -0.25) is 9.52 Å². The molecule has 1 fully saturated rings. The molecular weight excluding hydrogens is 262 g/mol. The van der Waals surface area contributed by atoms with Gasteiger partial charge in [0, 0.05) is 13.1 Å². The molecular formula is C8H13N5O4S.